The maximum absolute atomic E-state index is 9.56. The molecule has 26 heavy (non-hydrogen) atoms. The topological polar surface area (TPSA) is 147 Å². The fourth-order valence-corrected chi connectivity index (χ4v) is 1.50. The molecule has 0 bridgehead atoms. The smallest absolute Gasteiger partial charge is 0.141 e. The summed E-state index contributed by atoms with van der Waals surface area (Å²) in [6, 6.07) is 9.12. The zero-order chi connectivity index (χ0) is 20.5. The van der Waals surface area contributed by atoms with E-state index in [4.69, 9.17) is 25.5 Å². The molecule has 0 aliphatic heterocycles. The second-order valence-corrected chi connectivity index (χ2v) is 4.78. The highest BCUT2D eigenvalue weighted by molar-refractivity contribution is 5.88. The lowest BCUT2D eigenvalue weighted by Gasteiger charge is -2.07. The van der Waals surface area contributed by atoms with Crippen molar-refractivity contribution in [2.75, 3.05) is 27.4 Å². The van der Waals surface area contributed by atoms with Gasteiger partial charge < -0.3 is 30.6 Å². The largest absolute Gasteiger partial charge is 0.506 e. The van der Waals surface area contributed by atoms with Crippen LogP contribution in [0.2, 0.25) is 0 Å². The van der Waals surface area contributed by atoms with Crippen molar-refractivity contribution >= 4 is 17.1 Å². The summed E-state index contributed by atoms with van der Waals surface area (Å²) in [6.07, 6.45) is -0.156. The molecule has 0 saturated carbocycles. The average molecular weight is 370 g/mol. The van der Waals surface area contributed by atoms with Gasteiger partial charge in [0.15, 0.2) is 0 Å². The molecule has 6 N–H and O–H groups in total. The van der Waals surface area contributed by atoms with Gasteiger partial charge in [-0.25, -0.2) is 4.98 Å². The minimum atomic E-state index is -0.986. The molecule has 0 aliphatic rings. The fourth-order valence-electron chi connectivity index (χ4n) is 1.50. The Morgan fingerprint density at radius 1 is 1.12 bits per heavy atom. The summed E-state index contributed by atoms with van der Waals surface area (Å²) >= 11 is 0. The molecule has 0 saturated heterocycles. The first kappa shape index (κ1) is 26.1. The zero-order valence-corrected chi connectivity index (χ0v) is 15.6. The summed E-state index contributed by atoms with van der Waals surface area (Å²) in [5, 5.41) is 50.0. The van der Waals surface area contributed by atoms with Gasteiger partial charge >= 0.3 is 0 Å². The molecule has 8 heteroatoms. The predicted octanol–water partition coefficient (Wildman–Crippen LogP) is 0.317. The molecule has 2 rings (SSSR count). The average Bonchev–Trinajstić information content (AvgIpc) is 2.65. The molecule has 0 radical (unpaired) electrons. The summed E-state index contributed by atoms with van der Waals surface area (Å²) in [6.45, 7) is 2.97. The Hall–Kier alpha value is -2.10. The highest BCUT2D eigenvalue weighted by atomic mass is 16.4. The number of benzene rings is 1. The minimum absolute atomic E-state index is 0.203. The molecule has 0 fully saturated rings. The molecule has 0 aliphatic carbocycles. The molecule has 1 aromatic heterocycles. The monoisotopic (exact) mass is 370 g/mol. The van der Waals surface area contributed by atoms with Crippen LogP contribution in [0.1, 0.15) is 19.5 Å². The molecule has 1 aromatic carbocycles. The standard InChI is InChI=1S/C11H10N2O.C4H10O3.C2H6O.CH4O/c1-12-7-9-6-5-8-3-2-4-10(14)11(8)13-9;1-3(6)4(7)2-5;1-2-3;1-2/h2-7,14H,1H3;3-7H,2H2,1H3;3H,2H2,1H3;2H,1H3/t;3-,4?;;/m.0../s1. The summed E-state index contributed by atoms with van der Waals surface area (Å²) in [7, 11) is 2.69. The first-order valence-electron chi connectivity index (χ1n) is 7.94. The van der Waals surface area contributed by atoms with Crippen LogP contribution in [0.5, 0.6) is 5.75 Å². The number of para-hydroxylation sites is 1. The highest BCUT2D eigenvalue weighted by Crippen LogP contribution is 2.21. The van der Waals surface area contributed by atoms with E-state index in [2.05, 4.69) is 9.98 Å². The van der Waals surface area contributed by atoms with E-state index < -0.39 is 12.2 Å². The van der Waals surface area contributed by atoms with E-state index in [0.29, 0.717) is 5.52 Å². The van der Waals surface area contributed by atoms with E-state index in [1.807, 2.05) is 18.2 Å². The Kier molecular flexibility index (Phi) is 16.5. The summed E-state index contributed by atoms with van der Waals surface area (Å²) in [5.41, 5.74) is 1.37. The Morgan fingerprint density at radius 2 is 1.69 bits per heavy atom. The van der Waals surface area contributed by atoms with Crippen LogP contribution in [-0.2, 0) is 0 Å². The van der Waals surface area contributed by atoms with Crippen LogP contribution in [-0.4, -0.2) is 81.4 Å². The van der Waals surface area contributed by atoms with Gasteiger partial charge in [0.1, 0.15) is 17.4 Å². The predicted molar refractivity (Wildman–Crippen MR) is 103 cm³/mol. The van der Waals surface area contributed by atoms with Crippen molar-refractivity contribution in [1.82, 2.24) is 4.98 Å². The molecule has 8 nitrogen and oxygen atoms in total. The Morgan fingerprint density at radius 3 is 2.12 bits per heavy atom. The molecule has 1 heterocycles. The quantitative estimate of drug-likeness (QED) is 0.426. The second-order valence-electron chi connectivity index (χ2n) is 4.78. The number of aliphatic hydroxyl groups is 5. The lowest BCUT2D eigenvalue weighted by Crippen LogP contribution is -2.25. The molecule has 148 valence electrons. The van der Waals surface area contributed by atoms with Gasteiger partial charge in [-0.05, 0) is 26.0 Å². The normalized spacial score (nSPS) is 12.0. The number of phenolic OH excluding ortho intramolecular Hbond substituents is 1. The van der Waals surface area contributed by atoms with Crippen molar-refractivity contribution in [3.05, 3.63) is 36.0 Å². The van der Waals surface area contributed by atoms with Crippen molar-refractivity contribution in [3.8, 4) is 5.75 Å². The number of aromatic nitrogens is 1. The number of fused-ring (bicyclic) bond motifs is 1. The van der Waals surface area contributed by atoms with Gasteiger partial charge in [-0.3, -0.25) is 4.99 Å². The van der Waals surface area contributed by atoms with E-state index in [-0.39, 0.29) is 19.0 Å². The van der Waals surface area contributed by atoms with Crippen LogP contribution in [0.15, 0.2) is 35.3 Å². The number of aliphatic hydroxyl groups excluding tert-OH is 5. The van der Waals surface area contributed by atoms with Crippen molar-refractivity contribution in [3.63, 3.8) is 0 Å². The third-order valence-electron chi connectivity index (χ3n) is 2.73. The van der Waals surface area contributed by atoms with Gasteiger partial charge in [-0.15, -0.1) is 0 Å². The van der Waals surface area contributed by atoms with Crippen molar-refractivity contribution in [2.45, 2.75) is 26.1 Å². The molecular formula is C18H30N2O6. The number of hydrogen-bond donors (Lipinski definition) is 6. The van der Waals surface area contributed by atoms with Crippen molar-refractivity contribution in [1.29, 1.82) is 0 Å². The van der Waals surface area contributed by atoms with Crippen LogP contribution < -0.4 is 0 Å². The number of rotatable bonds is 3. The Labute approximate surface area is 153 Å². The number of hydrogen-bond acceptors (Lipinski definition) is 8. The third-order valence-corrected chi connectivity index (χ3v) is 2.73. The molecule has 2 aromatic rings. The van der Waals surface area contributed by atoms with E-state index in [1.54, 1.807) is 32.3 Å². The third kappa shape index (κ3) is 10.7. The number of phenols is 1. The number of pyridine rings is 1. The van der Waals surface area contributed by atoms with Crippen LogP contribution in [0.4, 0.5) is 0 Å². The Bertz CT molecular complexity index is 620. The van der Waals surface area contributed by atoms with Crippen LogP contribution in [0.25, 0.3) is 10.9 Å². The van der Waals surface area contributed by atoms with E-state index in [1.165, 1.54) is 6.92 Å². The first-order valence-corrected chi connectivity index (χ1v) is 7.94. The number of nitrogens with zero attached hydrogens (tertiary/aromatic N) is 2. The maximum atomic E-state index is 9.56. The van der Waals surface area contributed by atoms with Gasteiger partial charge in [-0.1, -0.05) is 18.2 Å². The van der Waals surface area contributed by atoms with E-state index >= 15 is 0 Å². The van der Waals surface area contributed by atoms with Gasteiger partial charge in [0, 0.05) is 32.4 Å². The molecule has 1 unspecified atom stereocenters. The SMILES string of the molecule is CCO.CN=Cc1ccc2cccc(O)c2n1.CO.C[C@H](O)C(O)CO. The lowest BCUT2D eigenvalue weighted by atomic mass is 10.2. The van der Waals surface area contributed by atoms with Gasteiger partial charge in [0.2, 0.25) is 0 Å². The van der Waals surface area contributed by atoms with Crippen LogP contribution >= 0.6 is 0 Å². The fraction of sp³-hybridized carbons (Fsp3) is 0.444. The number of aromatic hydroxyl groups is 1. The van der Waals surface area contributed by atoms with Crippen LogP contribution in [0, 0.1) is 0 Å². The summed E-state index contributed by atoms with van der Waals surface area (Å²) in [5.74, 6) is 0.203. The number of aliphatic imine (C=N–C) groups is 1. The molecule has 2 atom stereocenters. The van der Waals surface area contributed by atoms with Gasteiger partial charge in [0.25, 0.3) is 0 Å². The first-order chi connectivity index (χ1) is 12.4. The summed E-state index contributed by atoms with van der Waals surface area (Å²) in [4.78, 5) is 8.14. The van der Waals surface area contributed by atoms with Crippen molar-refractivity contribution in [2.24, 2.45) is 4.99 Å². The lowest BCUT2D eigenvalue weighted by molar-refractivity contribution is -0.00425. The van der Waals surface area contributed by atoms with Crippen molar-refractivity contribution < 1.29 is 30.6 Å². The highest BCUT2D eigenvalue weighted by Gasteiger charge is 2.06. The molecule has 0 amide bonds. The van der Waals surface area contributed by atoms with E-state index in [9.17, 15) is 5.11 Å². The summed E-state index contributed by atoms with van der Waals surface area (Å²) < 4.78 is 0. The maximum Gasteiger partial charge on any atom is 0.141 e. The minimum Gasteiger partial charge on any atom is -0.506 e. The second kappa shape index (κ2) is 16.4. The van der Waals surface area contributed by atoms with Crippen LogP contribution in [0.3, 0.4) is 0 Å². The molecule has 0 spiro atoms. The van der Waals surface area contributed by atoms with Gasteiger partial charge in [-0.2, -0.15) is 0 Å². The molecular weight excluding hydrogens is 340 g/mol. The Balaban J connectivity index is 0. The zero-order valence-electron chi connectivity index (χ0n) is 15.6. The van der Waals surface area contributed by atoms with E-state index in [0.717, 1.165) is 18.2 Å². The van der Waals surface area contributed by atoms with Gasteiger partial charge in [0.05, 0.1) is 18.4 Å².